The van der Waals surface area contributed by atoms with Gasteiger partial charge in [0.15, 0.2) is 17.2 Å². The first-order valence-corrected chi connectivity index (χ1v) is 4.95. The molecule has 0 aliphatic heterocycles. The molecular weight excluding hydrogens is 192 g/mol. The van der Waals surface area contributed by atoms with Crippen LogP contribution in [0.2, 0.25) is 0 Å². The number of fused-ring (bicyclic) bond motifs is 1. The Balaban J connectivity index is 2.45. The van der Waals surface area contributed by atoms with Gasteiger partial charge in [0, 0.05) is 6.92 Å². The minimum absolute atomic E-state index is 0.211. The number of aromatic nitrogens is 1. The van der Waals surface area contributed by atoms with Crippen LogP contribution in [0.5, 0.6) is 5.75 Å². The van der Waals surface area contributed by atoms with Gasteiger partial charge in [-0.15, -0.1) is 0 Å². The van der Waals surface area contributed by atoms with Crippen molar-refractivity contribution in [1.82, 2.24) is 10.3 Å². The summed E-state index contributed by atoms with van der Waals surface area (Å²) >= 11 is 0. The first-order chi connectivity index (χ1) is 7.22. The molecule has 1 heterocycles. The molecule has 1 aromatic carbocycles. The van der Waals surface area contributed by atoms with Gasteiger partial charge in [0.05, 0.1) is 0 Å². The van der Waals surface area contributed by atoms with Crippen LogP contribution in [0, 0.1) is 6.92 Å². The lowest BCUT2D eigenvalue weighted by Gasteiger charge is -2.03. The highest BCUT2D eigenvalue weighted by Crippen LogP contribution is 2.29. The van der Waals surface area contributed by atoms with E-state index in [2.05, 4.69) is 10.3 Å². The number of phenols is 1. The van der Waals surface area contributed by atoms with Gasteiger partial charge in [0.25, 0.3) is 0 Å². The highest BCUT2D eigenvalue weighted by atomic mass is 16.4. The molecule has 2 N–H and O–H groups in total. The third kappa shape index (κ3) is 1.80. The number of likely N-dealkylation sites (N-methyl/N-ethyl adjacent to an activating group) is 1. The van der Waals surface area contributed by atoms with E-state index >= 15 is 0 Å². The van der Waals surface area contributed by atoms with E-state index in [1.165, 1.54) is 0 Å². The molecular formula is C11H14N2O2. The van der Waals surface area contributed by atoms with Gasteiger partial charge < -0.3 is 14.8 Å². The summed E-state index contributed by atoms with van der Waals surface area (Å²) in [6, 6.07) is 3.76. The smallest absolute Gasteiger partial charge is 0.196 e. The van der Waals surface area contributed by atoms with E-state index in [1.54, 1.807) is 6.92 Å². The van der Waals surface area contributed by atoms with Crippen LogP contribution in [0.25, 0.3) is 11.1 Å². The number of aryl methyl sites for hydroxylation is 1. The van der Waals surface area contributed by atoms with Gasteiger partial charge in [-0.05, 0) is 31.6 Å². The third-order valence-corrected chi connectivity index (χ3v) is 2.37. The summed E-state index contributed by atoms with van der Waals surface area (Å²) in [4.78, 5) is 4.15. The number of benzene rings is 1. The zero-order chi connectivity index (χ0) is 10.8. The zero-order valence-electron chi connectivity index (χ0n) is 8.87. The molecule has 0 amide bonds. The Morgan fingerprint density at radius 1 is 1.47 bits per heavy atom. The second-order valence-corrected chi connectivity index (χ2v) is 3.51. The fourth-order valence-corrected chi connectivity index (χ4v) is 1.59. The van der Waals surface area contributed by atoms with E-state index in [-0.39, 0.29) is 5.75 Å². The number of nitrogens with zero attached hydrogens (tertiary/aromatic N) is 1. The molecule has 0 aliphatic carbocycles. The van der Waals surface area contributed by atoms with Crippen molar-refractivity contribution in [1.29, 1.82) is 0 Å². The van der Waals surface area contributed by atoms with Crippen LogP contribution >= 0.6 is 0 Å². The summed E-state index contributed by atoms with van der Waals surface area (Å²) in [5.74, 6) is 0.786. The van der Waals surface area contributed by atoms with Gasteiger partial charge in [-0.3, -0.25) is 0 Å². The number of hydrogen-bond acceptors (Lipinski definition) is 4. The van der Waals surface area contributed by atoms with Gasteiger partial charge in [-0.25, -0.2) is 4.98 Å². The molecule has 4 nitrogen and oxygen atoms in total. The molecule has 0 spiro atoms. The van der Waals surface area contributed by atoms with Crippen LogP contribution in [0.1, 0.15) is 11.5 Å². The number of oxazole rings is 1. The quantitative estimate of drug-likeness (QED) is 0.801. The molecule has 0 saturated carbocycles. The van der Waals surface area contributed by atoms with E-state index in [0.717, 1.165) is 18.5 Å². The summed E-state index contributed by atoms with van der Waals surface area (Å²) in [5.41, 5.74) is 2.08. The number of hydrogen-bond donors (Lipinski definition) is 2. The van der Waals surface area contributed by atoms with Crippen LogP contribution in [-0.4, -0.2) is 23.7 Å². The Labute approximate surface area is 87.9 Å². The lowest BCUT2D eigenvalue weighted by Crippen LogP contribution is -2.10. The van der Waals surface area contributed by atoms with Crippen molar-refractivity contribution in [2.24, 2.45) is 0 Å². The zero-order valence-corrected chi connectivity index (χ0v) is 8.87. The lowest BCUT2D eigenvalue weighted by molar-refractivity contribution is 0.453. The molecule has 0 saturated heterocycles. The average Bonchev–Trinajstić information content (AvgIpc) is 2.59. The van der Waals surface area contributed by atoms with Crippen molar-refractivity contribution < 1.29 is 9.52 Å². The second-order valence-electron chi connectivity index (χ2n) is 3.51. The maximum Gasteiger partial charge on any atom is 0.196 e. The number of nitrogens with one attached hydrogen (secondary N) is 1. The highest BCUT2D eigenvalue weighted by Gasteiger charge is 2.11. The Kier molecular flexibility index (Phi) is 2.60. The molecule has 0 unspecified atom stereocenters. The van der Waals surface area contributed by atoms with Gasteiger partial charge in [0.2, 0.25) is 0 Å². The summed E-state index contributed by atoms with van der Waals surface area (Å²) in [6.07, 6.45) is 0.776. The molecule has 2 rings (SSSR count). The van der Waals surface area contributed by atoms with Gasteiger partial charge in [-0.1, -0.05) is 6.07 Å². The van der Waals surface area contributed by atoms with Gasteiger partial charge in [-0.2, -0.15) is 0 Å². The Bertz CT molecular complexity index is 477. The predicted octanol–water partition coefficient (Wildman–Crippen LogP) is 1.60. The minimum Gasteiger partial charge on any atom is -0.504 e. The van der Waals surface area contributed by atoms with Crippen molar-refractivity contribution in [3.05, 3.63) is 23.6 Å². The topological polar surface area (TPSA) is 58.3 Å². The van der Waals surface area contributed by atoms with E-state index in [0.29, 0.717) is 17.0 Å². The number of aromatic hydroxyl groups is 1. The fourth-order valence-electron chi connectivity index (χ4n) is 1.59. The SMILES string of the molecule is CNCCc1ccc2nc(C)oc2c1O. The van der Waals surface area contributed by atoms with Crippen molar-refractivity contribution in [2.75, 3.05) is 13.6 Å². The molecule has 0 radical (unpaired) electrons. The number of rotatable bonds is 3. The van der Waals surface area contributed by atoms with Gasteiger partial charge in [0.1, 0.15) is 5.52 Å². The molecule has 80 valence electrons. The average molecular weight is 206 g/mol. The van der Waals surface area contributed by atoms with Crippen LogP contribution in [0.4, 0.5) is 0 Å². The van der Waals surface area contributed by atoms with Crippen molar-refractivity contribution >= 4 is 11.1 Å². The molecule has 0 fully saturated rings. The molecule has 2 aromatic rings. The molecule has 0 aliphatic rings. The van der Waals surface area contributed by atoms with Gasteiger partial charge >= 0.3 is 0 Å². The van der Waals surface area contributed by atoms with Crippen LogP contribution < -0.4 is 5.32 Å². The van der Waals surface area contributed by atoms with Crippen molar-refractivity contribution in [2.45, 2.75) is 13.3 Å². The third-order valence-electron chi connectivity index (χ3n) is 2.37. The normalized spacial score (nSPS) is 11.1. The molecule has 0 atom stereocenters. The standard InChI is InChI=1S/C11H14N2O2/c1-7-13-9-4-3-8(5-6-12-2)10(14)11(9)15-7/h3-4,12,14H,5-6H2,1-2H3. The molecule has 1 aromatic heterocycles. The lowest BCUT2D eigenvalue weighted by atomic mass is 10.1. The molecule has 4 heteroatoms. The van der Waals surface area contributed by atoms with Crippen molar-refractivity contribution in [3.8, 4) is 5.75 Å². The summed E-state index contributed by atoms with van der Waals surface area (Å²) in [7, 11) is 1.88. The number of phenolic OH excluding ortho intramolecular Hbond substituents is 1. The first-order valence-electron chi connectivity index (χ1n) is 4.95. The van der Waals surface area contributed by atoms with E-state index in [1.807, 2.05) is 19.2 Å². The second kappa shape index (κ2) is 3.90. The van der Waals surface area contributed by atoms with Crippen LogP contribution in [0.15, 0.2) is 16.5 Å². The Hall–Kier alpha value is -1.55. The van der Waals surface area contributed by atoms with E-state index in [4.69, 9.17) is 4.42 Å². The molecule has 0 bridgehead atoms. The van der Waals surface area contributed by atoms with Crippen molar-refractivity contribution in [3.63, 3.8) is 0 Å². The maximum atomic E-state index is 9.93. The largest absolute Gasteiger partial charge is 0.504 e. The predicted molar refractivity (Wildman–Crippen MR) is 58.0 cm³/mol. The fraction of sp³-hybridized carbons (Fsp3) is 0.364. The Morgan fingerprint density at radius 3 is 3.00 bits per heavy atom. The minimum atomic E-state index is 0.211. The maximum absolute atomic E-state index is 9.93. The monoisotopic (exact) mass is 206 g/mol. The summed E-state index contributed by atoms with van der Waals surface area (Å²) < 4.78 is 5.34. The van der Waals surface area contributed by atoms with Crippen LogP contribution in [0.3, 0.4) is 0 Å². The summed E-state index contributed by atoms with van der Waals surface area (Å²) in [6.45, 7) is 2.60. The van der Waals surface area contributed by atoms with Crippen LogP contribution in [-0.2, 0) is 6.42 Å². The summed E-state index contributed by atoms with van der Waals surface area (Å²) in [5, 5.41) is 13.0. The molecule has 15 heavy (non-hydrogen) atoms. The first kappa shape index (κ1) is 9.98. The van der Waals surface area contributed by atoms with E-state index in [9.17, 15) is 5.11 Å². The van der Waals surface area contributed by atoms with E-state index < -0.39 is 0 Å². The highest BCUT2D eigenvalue weighted by molar-refractivity contribution is 5.80. The Morgan fingerprint density at radius 2 is 2.27 bits per heavy atom.